The van der Waals surface area contributed by atoms with Crippen LogP contribution < -0.4 is 5.32 Å². The Morgan fingerprint density at radius 3 is 2.67 bits per heavy atom. The Balaban J connectivity index is 1.59. The number of rotatable bonds is 7. The van der Waals surface area contributed by atoms with Crippen LogP contribution in [-0.2, 0) is 11.2 Å². The highest BCUT2D eigenvalue weighted by molar-refractivity contribution is 7.99. The van der Waals surface area contributed by atoms with Gasteiger partial charge in [-0.1, -0.05) is 54.3 Å². The van der Waals surface area contributed by atoms with Crippen LogP contribution in [0.2, 0.25) is 0 Å². The molecule has 8 nitrogen and oxygen atoms in total. The van der Waals surface area contributed by atoms with Crippen molar-refractivity contribution in [3.8, 4) is 17.2 Å². The molecule has 0 aliphatic carbocycles. The molecule has 0 aliphatic heterocycles. The molecule has 3 heterocycles. The predicted octanol–water partition coefficient (Wildman–Crippen LogP) is 3.78. The van der Waals surface area contributed by atoms with Gasteiger partial charge in [0.2, 0.25) is 11.0 Å². The summed E-state index contributed by atoms with van der Waals surface area (Å²) in [5.41, 5.74) is 2.73. The van der Waals surface area contributed by atoms with E-state index in [1.165, 1.54) is 23.1 Å². The minimum Gasteiger partial charge on any atom is -0.300 e. The predicted molar refractivity (Wildman–Crippen MR) is 118 cm³/mol. The second-order valence-corrected chi connectivity index (χ2v) is 8.34. The number of aryl methyl sites for hydroxylation is 2. The summed E-state index contributed by atoms with van der Waals surface area (Å²) in [7, 11) is 0. The Kier molecular flexibility index (Phi) is 6.15. The van der Waals surface area contributed by atoms with Crippen molar-refractivity contribution in [2.45, 2.75) is 25.4 Å². The second kappa shape index (κ2) is 9.14. The van der Waals surface area contributed by atoms with Crippen LogP contribution in [0.4, 0.5) is 5.13 Å². The van der Waals surface area contributed by atoms with E-state index in [9.17, 15) is 4.79 Å². The van der Waals surface area contributed by atoms with Gasteiger partial charge in [-0.25, -0.2) is 0 Å². The van der Waals surface area contributed by atoms with E-state index in [1.807, 2.05) is 60.9 Å². The summed E-state index contributed by atoms with van der Waals surface area (Å²) in [5, 5.41) is 21.5. The Morgan fingerprint density at radius 1 is 1.10 bits per heavy atom. The van der Waals surface area contributed by atoms with Crippen molar-refractivity contribution in [2.24, 2.45) is 0 Å². The number of nitrogens with zero attached hydrogens (tertiary/aromatic N) is 6. The van der Waals surface area contributed by atoms with E-state index in [2.05, 4.69) is 30.7 Å². The molecule has 0 radical (unpaired) electrons. The van der Waals surface area contributed by atoms with Crippen molar-refractivity contribution in [1.29, 1.82) is 0 Å². The van der Waals surface area contributed by atoms with Crippen molar-refractivity contribution in [3.05, 3.63) is 59.2 Å². The summed E-state index contributed by atoms with van der Waals surface area (Å²) < 4.78 is 1.94. The van der Waals surface area contributed by atoms with E-state index < -0.39 is 0 Å². The lowest BCUT2D eigenvalue weighted by atomic mass is 10.2. The topological polar surface area (TPSA) is 98.5 Å². The Hall–Kier alpha value is -3.11. The lowest BCUT2D eigenvalue weighted by Crippen LogP contribution is -2.14. The Bertz CT molecular complexity index is 1160. The summed E-state index contributed by atoms with van der Waals surface area (Å²) in [6.07, 6.45) is 2.51. The fourth-order valence-corrected chi connectivity index (χ4v) is 4.23. The van der Waals surface area contributed by atoms with E-state index in [-0.39, 0.29) is 11.7 Å². The standard InChI is InChI=1S/C20H19N7OS2/c1-3-17-23-25-19(30-17)22-16(28)12-29-20-26-24-18(14-9-6-7-11-21-14)27(20)15-10-5-4-8-13(15)2/h4-11H,3,12H2,1-2H3,(H,22,25,28). The van der Waals surface area contributed by atoms with Crippen LogP contribution in [0.25, 0.3) is 17.2 Å². The molecule has 4 aromatic rings. The number of para-hydroxylation sites is 1. The van der Waals surface area contributed by atoms with Crippen molar-refractivity contribution >= 4 is 34.1 Å². The zero-order chi connectivity index (χ0) is 20.9. The highest BCUT2D eigenvalue weighted by Crippen LogP contribution is 2.28. The number of nitrogens with one attached hydrogen (secondary N) is 1. The van der Waals surface area contributed by atoms with Crippen LogP contribution in [0, 0.1) is 6.92 Å². The van der Waals surface area contributed by atoms with Crippen molar-refractivity contribution in [2.75, 3.05) is 11.1 Å². The first-order valence-electron chi connectivity index (χ1n) is 9.33. The number of carbonyl (C=O) groups excluding carboxylic acids is 1. The number of pyridine rings is 1. The van der Waals surface area contributed by atoms with Gasteiger partial charge >= 0.3 is 0 Å². The first-order valence-corrected chi connectivity index (χ1v) is 11.1. The smallest absolute Gasteiger partial charge is 0.236 e. The third kappa shape index (κ3) is 4.39. The van der Waals surface area contributed by atoms with Gasteiger partial charge in [0.05, 0.1) is 11.4 Å². The SMILES string of the molecule is CCc1nnc(NC(=O)CSc2nnc(-c3ccccn3)n2-c2ccccc2C)s1. The van der Waals surface area contributed by atoms with Gasteiger partial charge < -0.3 is 0 Å². The first kappa shape index (κ1) is 20.2. The summed E-state index contributed by atoms with van der Waals surface area (Å²) >= 11 is 2.69. The maximum atomic E-state index is 12.4. The zero-order valence-corrected chi connectivity index (χ0v) is 18.1. The van der Waals surface area contributed by atoms with Crippen molar-refractivity contribution in [1.82, 2.24) is 29.9 Å². The summed E-state index contributed by atoms with van der Waals surface area (Å²) in [6.45, 7) is 4.03. The van der Waals surface area contributed by atoms with Crippen molar-refractivity contribution < 1.29 is 4.79 Å². The van der Waals surface area contributed by atoms with E-state index in [4.69, 9.17) is 0 Å². The van der Waals surface area contributed by atoms with Gasteiger partial charge in [0.1, 0.15) is 10.7 Å². The maximum Gasteiger partial charge on any atom is 0.236 e. The summed E-state index contributed by atoms with van der Waals surface area (Å²) in [5.74, 6) is 0.634. The average molecular weight is 438 g/mol. The quantitative estimate of drug-likeness (QED) is 0.439. The molecule has 0 saturated carbocycles. The fourth-order valence-electron chi connectivity index (χ4n) is 2.79. The first-order chi connectivity index (χ1) is 14.7. The Labute approximate surface area is 181 Å². The van der Waals surface area contributed by atoms with Gasteiger partial charge in [0, 0.05) is 6.20 Å². The molecule has 4 rings (SSSR count). The highest BCUT2D eigenvalue weighted by atomic mass is 32.2. The van der Waals surface area contributed by atoms with E-state index in [1.54, 1.807) is 6.20 Å². The molecule has 0 spiro atoms. The van der Waals surface area contributed by atoms with Crippen LogP contribution >= 0.6 is 23.1 Å². The summed E-state index contributed by atoms with van der Waals surface area (Å²) in [4.78, 5) is 16.8. The number of thioether (sulfide) groups is 1. The number of hydrogen-bond acceptors (Lipinski definition) is 8. The summed E-state index contributed by atoms with van der Waals surface area (Å²) in [6, 6.07) is 13.6. The monoisotopic (exact) mass is 437 g/mol. The third-order valence-electron chi connectivity index (χ3n) is 4.23. The molecule has 0 aliphatic rings. The third-order valence-corrected chi connectivity index (χ3v) is 6.14. The molecular formula is C20H19N7OS2. The zero-order valence-electron chi connectivity index (χ0n) is 16.4. The van der Waals surface area contributed by atoms with Crippen LogP contribution in [0.15, 0.2) is 53.8 Å². The molecular weight excluding hydrogens is 418 g/mol. The van der Waals surface area contributed by atoms with Gasteiger partial charge in [-0.2, -0.15) is 0 Å². The Morgan fingerprint density at radius 2 is 1.93 bits per heavy atom. The fraction of sp³-hybridized carbons (Fsp3) is 0.200. The van der Waals surface area contributed by atoms with Crippen LogP contribution in [0.3, 0.4) is 0 Å². The second-order valence-electron chi connectivity index (χ2n) is 6.33. The van der Waals surface area contributed by atoms with Crippen molar-refractivity contribution in [3.63, 3.8) is 0 Å². The lowest BCUT2D eigenvalue weighted by Gasteiger charge is -2.12. The molecule has 1 aromatic carbocycles. The molecule has 30 heavy (non-hydrogen) atoms. The van der Waals surface area contributed by atoms with Gasteiger partial charge in [-0.15, -0.1) is 20.4 Å². The minimum atomic E-state index is -0.169. The number of aromatic nitrogens is 6. The molecule has 0 bridgehead atoms. The van der Waals surface area contributed by atoms with Gasteiger partial charge in [0.15, 0.2) is 11.0 Å². The number of amides is 1. The number of hydrogen-bond donors (Lipinski definition) is 1. The molecule has 0 fully saturated rings. The van der Waals surface area contributed by atoms with Gasteiger partial charge in [-0.05, 0) is 37.1 Å². The molecule has 152 valence electrons. The van der Waals surface area contributed by atoms with Crippen LogP contribution in [0.1, 0.15) is 17.5 Å². The molecule has 1 N–H and O–H groups in total. The number of benzene rings is 1. The van der Waals surface area contributed by atoms with E-state index in [0.29, 0.717) is 21.8 Å². The van der Waals surface area contributed by atoms with Crippen LogP contribution in [-0.4, -0.2) is 41.6 Å². The van der Waals surface area contributed by atoms with E-state index >= 15 is 0 Å². The normalized spacial score (nSPS) is 10.9. The molecule has 0 atom stereocenters. The molecule has 1 amide bonds. The number of carbonyl (C=O) groups is 1. The molecule has 3 aromatic heterocycles. The molecule has 10 heteroatoms. The highest BCUT2D eigenvalue weighted by Gasteiger charge is 2.19. The lowest BCUT2D eigenvalue weighted by molar-refractivity contribution is -0.113. The largest absolute Gasteiger partial charge is 0.300 e. The molecule has 0 saturated heterocycles. The van der Waals surface area contributed by atoms with Gasteiger partial charge in [-0.3, -0.25) is 19.7 Å². The minimum absolute atomic E-state index is 0.169. The average Bonchev–Trinajstić information content (AvgIpc) is 3.40. The molecule has 0 unspecified atom stereocenters. The maximum absolute atomic E-state index is 12.4. The number of anilines is 1. The van der Waals surface area contributed by atoms with E-state index in [0.717, 1.165) is 22.7 Å². The van der Waals surface area contributed by atoms with Crippen LogP contribution in [0.5, 0.6) is 0 Å². The van der Waals surface area contributed by atoms with Gasteiger partial charge in [0.25, 0.3) is 0 Å².